The third-order valence-electron chi connectivity index (χ3n) is 1.87. The van der Waals surface area contributed by atoms with Gasteiger partial charge in [-0.05, 0) is 32.9 Å². The van der Waals surface area contributed by atoms with Crippen molar-refractivity contribution in [1.29, 1.82) is 0 Å². The predicted octanol–water partition coefficient (Wildman–Crippen LogP) is 1.95. The molecular weight excluding hydrogens is 214 g/mol. The van der Waals surface area contributed by atoms with Gasteiger partial charge in [0.2, 0.25) is 0 Å². The molecule has 0 aliphatic carbocycles. The third-order valence-corrected chi connectivity index (χ3v) is 1.87. The first-order valence-corrected chi connectivity index (χ1v) is 5.45. The second kappa shape index (κ2) is 5.51. The topological polar surface area (TPSA) is 52.3 Å². The van der Waals surface area contributed by atoms with Crippen LogP contribution in [0.25, 0.3) is 0 Å². The summed E-state index contributed by atoms with van der Waals surface area (Å²) in [6, 6.07) is 7.10. The highest BCUT2D eigenvalue weighted by Gasteiger charge is 2.19. The Bertz CT molecular complexity index is 461. The van der Waals surface area contributed by atoms with Crippen molar-refractivity contribution in [3.63, 3.8) is 0 Å². The van der Waals surface area contributed by atoms with Gasteiger partial charge in [-0.2, -0.15) is 0 Å². The van der Waals surface area contributed by atoms with Crippen LogP contribution in [-0.4, -0.2) is 18.1 Å². The summed E-state index contributed by atoms with van der Waals surface area (Å²) in [5.41, 5.74) is 5.93. The lowest BCUT2D eigenvalue weighted by Crippen LogP contribution is -2.24. The molecule has 17 heavy (non-hydrogen) atoms. The second-order valence-electron chi connectivity index (χ2n) is 4.55. The van der Waals surface area contributed by atoms with Crippen LogP contribution in [0, 0.1) is 11.8 Å². The Morgan fingerprint density at radius 2 is 2.00 bits per heavy atom. The Hall–Kier alpha value is -1.79. The maximum Gasteiger partial charge on any atom is 0.339 e. The van der Waals surface area contributed by atoms with Crippen LogP contribution in [0.5, 0.6) is 0 Å². The standard InChI is InChI=1S/C14H17NO2/c1-14(2,3)17-13(16)12-9-5-4-7-11(12)8-6-10-15/h4-5,7,9H,10,15H2,1-3H3. The number of carbonyl (C=O) groups is 1. The minimum atomic E-state index is -0.508. The molecule has 0 saturated heterocycles. The van der Waals surface area contributed by atoms with Crippen molar-refractivity contribution in [3.05, 3.63) is 35.4 Å². The van der Waals surface area contributed by atoms with Crippen LogP contribution < -0.4 is 5.73 Å². The number of rotatable bonds is 1. The Labute approximate surface area is 102 Å². The van der Waals surface area contributed by atoms with Crippen LogP contribution in [0.15, 0.2) is 24.3 Å². The molecule has 0 aliphatic rings. The maximum absolute atomic E-state index is 11.9. The molecule has 1 rings (SSSR count). The fraction of sp³-hybridized carbons (Fsp3) is 0.357. The lowest BCUT2D eigenvalue weighted by molar-refractivity contribution is 0.00693. The maximum atomic E-state index is 11.9. The SMILES string of the molecule is CC(C)(C)OC(=O)c1ccccc1C#CCN. The van der Waals surface area contributed by atoms with Gasteiger partial charge in [-0.15, -0.1) is 0 Å². The molecule has 1 aromatic carbocycles. The lowest BCUT2D eigenvalue weighted by Gasteiger charge is -2.19. The number of esters is 1. The highest BCUT2D eigenvalue weighted by atomic mass is 16.6. The van der Waals surface area contributed by atoms with Crippen LogP contribution in [0.4, 0.5) is 0 Å². The van der Waals surface area contributed by atoms with Crippen molar-refractivity contribution in [2.75, 3.05) is 6.54 Å². The number of ether oxygens (including phenoxy) is 1. The van der Waals surface area contributed by atoms with E-state index in [9.17, 15) is 4.79 Å². The number of carbonyl (C=O) groups excluding carboxylic acids is 1. The highest BCUT2D eigenvalue weighted by Crippen LogP contribution is 2.14. The molecule has 1 aromatic rings. The average molecular weight is 231 g/mol. The number of benzene rings is 1. The van der Waals surface area contributed by atoms with E-state index in [2.05, 4.69) is 11.8 Å². The van der Waals surface area contributed by atoms with Crippen molar-refractivity contribution in [1.82, 2.24) is 0 Å². The van der Waals surface area contributed by atoms with E-state index in [1.54, 1.807) is 18.2 Å². The van der Waals surface area contributed by atoms with Gasteiger partial charge < -0.3 is 10.5 Å². The van der Waals surface area contributed by atoms with E-state index in [4.69, 9.17) is 10.5 Å². The molecule has 0 unspecified atom stereocenters. The summed E-state index contributed by atoms with van der Waals surface area (Å²) in [7, 11) is 0. The van der Waals surface area contributed by atoms with Crippen molar-refractivity contribution < 1.29 is 9.53 Å². The number of nitrogens with two attached hydrogens (primary N) is 1. The average Bonchev–Trinajstić information content (AvgIpc) is 2.24. The van der Waals surface area contributed by atoms with Crippen molar-refractivity contribution in [3.8, 4) is 11.8 Å². The molecule has 0 spiro atoms. The van der Waals surface area contributed by atoms with Gasteiger partial charge in [0.05, 0.1) is 12.1 Å². The molecule has 0 atom stereocenters. The highest BCUT2D eigenvalue weighted by molar-refractivity contribution is 5.92. The summed E-state index contributed by atoms with van der Waals surface area (Å²) in [5.74, 6) is 5.23. The van der Waals surface area contributed by atoms with Gasteiger partial charge in [0.15, 0.2) is 0 Å². The van der Waals surface area contributed by atoms with Crippen LogP contribution in [0.3, 0.4) is 0 Å². The van der Waals surface area contributed by atoms with Crippen LogP contribution >= 0.6 is 0 Å². The van der Waals surface area contributed by atoms with Crippen molar-refractivity contribution >= 4 is 5.97 Å². The summed E-state index contributed by atoms with van der Waals surface area (Å²) in [6.45, 7) is 5.76. The van der Waals surface area contributed by atoms with Gasteiger partial charge in [-0.25, -0.2) is 4.79 Å². The minimum Gasteiger partial charge on any atom is -0.456 e. The van der Waals surface area contributed by atoms with Crippen molar-refractivity contribution in [2.45, 2.75) is 26.4 Å². The summed E-state index contributed by atoms with van der Waals surface area (Å²) < 4.78 is 5.31. The van der Waals surface area contributed by atoms with E-state index in [1.165, 1.54) is 0 Å². The minimum absolute atomic E-state index is 0.267. The van der Waals surface area contributed by atoms with E-state index in [0.29, 0.717) is 11.1 Å². The van der Waals surface area contributed by atoms with E-state index in [-0.39, 0.29) is 12.5 Å². The molecule has 0 fully saturated rings. The van der Waals surface area contributed by atoms with Gasteiger partial charge in [-0.1, -0.05) is 24.0 Å². The molecule has 0 saturated carbocycles. The van der Waals surface area contributed by atoms with Gasteiger partial charge in [0.1, 0.15) is 5.60 Å². The largest absolute Gasteiger partial charge is 0.456 e. The number of hydrogen-bond donors (Lipinski definition) is 1. The fourth-order valence-corrected chi connectivity index (χ4v) is 1.25. The molecule has 0 radical (unpaired) electrons. The Kier molecular flexibility index (Phi) is 4.30. The van der Waals surface area contributed by atoms with Gasteiger partial charge in [0.25, 0.3) is 0 Å². The molecule has 0 bridgehead atoms. The third kappa shape index (κ3) is 4.29. The fourth-order valence-electron chi connectivity index (χ4n) is 1.25. The van der Waals surface area contributed by atoms with Gasteiger partial charge in [0, 0.05) is 5.56 Å². The summed E-state index contributed by atoms with van der Waals surface area (Å²) in [5, 5.41) is 0. The molecule has 0 heterocycles. The van der Waals surface area contributed by atoms with E-state index in [0.717, 1.165) is 0 Å². The monoisotopic (exact) mass is 231 g/mol. The van der Waals surface area contributed by atoms with E-state index < -0.39 is 5.60 Å². The van der Waals surface area contributed by atoms with E-state index in [1.807, 2.05) is 26.8 Å². The number of hydrogen-bond acceptors (Lipinski definition) is 3. The molecule has 0 amide bonds. The van der Waals surface area contributed by atoms with Crippen molar-refractivity contribution in [2.24, 2.45) is 5.73 Å². The predicted molar refractivity (Wildman–Crippen MR) is 67.5 cm³/mol. The van der Waals surface area contributed by atoms with Crippen LogP contribution in [0.1, 0.15) is 36.7 Å². The first-order valence-electron chi connectivity index (χ1n) is 5.45. The molecule has 3 heteroatoms. The first kappa shape index (κ1) is 13.3. The van der Waals surface area contributed by atoms with Gasteiger partial charge in [-0.3, -0.25) is 0 Å². The summed E-state index contributed by atoms with van der Waals surface area (Å²) in [6.07, 6.45) is 0. The molecule has 3 nitrogen and oxygen atoms in total. The zero-order valence-electron chi connectivity index (χ0n) is 10.4. The quantitative estimate of drug-likeness (QED) is 0.593. The lowest BCUT2D eigenvalue weighted by atomic mass is 10.1. The molecule has 0 aliphatic heterocycles. The Balaban J connectivity index is 3.01. The first-order chi connectivity index (χ1) is 7.94. The zero-order chi connectivity index (χ0) is 12.9. The summed E-state index contributed by atoms with van der Waals surface area (Å²) >= 11 is 0. The molecule has 90 valence electrons. The van der Waals surface area contributed by atoms with E-state index >= 15 is 0 Å². The molecule has 0 aromatic heterocycles. The summed E-state index contributed by atoms with van der Waals surface area (Å²) in [4.78, 5) is 11.9. The smallest absolute Gasteiger partial charge is 0.339 e. The zero-order valence-corrected chi connectivity index (χ0v) is 10.4. The molecule has 2 N–H and O–H groups in total. The Morgan fingerprint density at radius 3 is 2.59 bits per heavy atom. The molecular formula is C14H17NO2. The van der Waals surface area contributed by atoms with Crippen LogP contribution in [-0.2, 0) is 4.74 Å². The Morgan fingerprint density at radius 1 is 1.35 bits per heavy atom. The van der Waals surface area contributed by atoms with Crippen LogP contribution in [0.2, 0.25) is 0 Å². The normalized spacial score (nSPS) is 10.4. The second-order valence-corrected chi connectivity index (χ2v) is 4.55. The van der Waals surface area contributed by atoms with Gasteiger partial charge >= 0.3 is 5.97 Å².